The monoisotopic (exact) mass is 283 g/mol. The molecule has 2 rings (SSSR count). The second kappa shape index (κ2) is 8.60. The number of hydrogen-bond acceptors (Lipinski definition) is 2. The number of aliphatic hydroxyl groups excluding tert-OH is 1. The first-order valence-corrected chi connectivity index (χ1v) is 7.81. The Kier molecular flexibility index (Phi) is 6.45. The van der Waals surface area contributed by atoms with Crippen LogP contribution in [0, 0.1) is 0 Å². The van der Waals surface area contributed by atoms with Crippen LogP contribution in [-0.2, 0) is 13.2 Å². The Morgan fingerprint density at radius 2 is 1.62 bits per heavy atom. The summed E-state index contributed by atoms with van der Waals surface area (Å²) >= 11 is 0. The SMILES string of the molecule is CCCCC(NCc1ccccc1CO)c1ccccc1. The van der Waals surface area contributed by atoms with Crippen LogP contribution in [0.4, 0.5) is 0 Å². The van der Waals surface area contributed by atoms with Gasteiger partial charge in [-0.05, 0) is 23.1 Å². The van der Waals surface area contributed by atoms with Gasteiger partial charge in [0, 0.05) is 12.6 Å². The maximum Gasteiger partial charge on any atom is 0.0685 e. The molecule has 2 N–H and O–H groups in total. The van der Waals surface area contributed by atoms with Gasteiger partial charge >= 0.3 is 0 Å². The molecule has 0 aliphatic rings. The summed E-state index contributed by atoms with van der Waals surface area (Å²) in [5.74, 6) is 0. The first-order chi connectivity index (χ1) is 10.3. The van der Waals surface area contributed by atoms with Gasteiger partial charge in [0.1, 0.15) is 0 Å². The van der Waals surface area contributed by atoms with E-state index in [9.17, 15) is 5.11 Å². The minimum absolute atomic E-state index is 0.100. The van der Waals surface area contributed by atoms with Crippen molar-refractivity contribution in [2.24, 2.45) is 0 Å². The molecule has 0 aliphatic carbocycles. The molecule has 1 unspecified atom stereocenters. The van der Waals surface area contributed by atoms with Crippen LogP contribution in [-0.4, -0.2) is 5.11 Å². The molecule has 0 amide bonds. The van der Waals surface area contributed by atoms with E-state index >= 15 is 0 Å². The summed E-state index contributed by atoms with van der Waals surface area (Å²) in [4.78, 5) is 0. The number of benzene rings is 2. The van der Waals surface area contributed by atoms with Gasteiger partial charge in [0.25, 0.3) is 0 Å². The largest absolute Gasteiger partial charge is 0.392 e. The van der Waals surface area contributed by atoms with Crippen molar-refractivity contribution < 1.29 is 5.11 Å². The third kappa shape index (κ3) is 4.69. The van der Waals surface area contributed by atoms with Crippen LogP contribution < -0.4 is 5.32 Å². The van der Waals surface area contributed by atoms with Crippen molar-refractivity contribution in [1.29, 1.82) is 0 Å². The second-order valence-electron chi connectivity index (χ2n) is 5.41. The van der Waals surface area contributed by atoms with Crippen molar-refractivity contribution in [3.8, 4) is 0 Å². The highest BCUT2D eigenvalue weighted by Crippen LogP contribution is 2.20. The first-order valence-electron chi connectivity index (χ1n) is 7.81. The summed E-state index contributed by atoms with van der Waals surface area (Å²) in [7, 11) is 0. The Morgan fingerprint density at radius 3 is 2.29 bits per heavy atom. The maximum absolute atomic E-state index is 9.41. The van der Waals surface area contributed by atoms with Gasteiger partial charge in [-0.1, -0.05) is 74.4 Å². The van der Waals surface area contributed by atoms with Gasteiger partial charge in [-0.2, -0.15) is 0 Å². The fourth-order valence-corrected chi connectivity index (χ4v) is 2.60. The van der Waals surface area contributed by atoms with E-state index in [0.29, 0.717) is 6.04 Å². The molecule has 2 aromatic rings. The van der Waals surface area contributed by atoms with Crippen LogP contribution in [0.2, 0.25) is 0 Å². The molecule has 2 aromatic carbocycles. The minimum atomic E-state index is 0.100. The van der Waals surface area contributed by atoms with Crippen LogP contribution in [0.1, 0.15) is 48.9 Å². The lowest BCUT2D eigenvalue weighted by atomic mass is 10.00. The molecule has 0 saturated carbocycles. The molecule has 0 heterocycles. The van der Waals surface area contributed by atoms with Crippen molar-refractivity contribution in [2.75, 3.05) is 0 Å². The number of unbranched alkanes of at least 4 members (excludes halogenated alkanes) is 1. The summed E-state index contributed by atoms with van der Waals surface area (Å²) in [6.07, 6.45) is 3.56. The van der Waals surface area contributed by atoms with Gasteiger partial charge in [0.05, 0.1) is 6.61 Å². The molecule has 0 spiro atoms. The van der Waals surface area contributed by atoms with E-state index in [2.05, 4.69) is 48.6 Å². The molecular weight excluding hydrogens is 258 g/mol. The fraction of sp³-hybridized carbons (Fsp3) is 0.368. The average molecular weight is 283 g/mol. The Morgan fingerprint density at radius 1 is 0.952 bits per heavy atom. The van der Waals surface area contributed by atoms with Crippen LogP contribution in [0.15, 0.2) is 54.6 Å². The van der Waals surface area contributed by atoms with Crippen molar-refractivity contribution in [3.05, 3.63) is 71.3 Å². The summed E-state index contributed by atoms with van der Waals surface area (Å²) in [5.41, 5.74) is 3.53. The zero-order valence-corrected chi connectivity index (χ0v) is 12.8. The third-order valence-corrected chi connectivity index (χ3v) is 3.88. The predicted molar refractivity (Wildman–Crippen MR) is 87.9 cm³/mol. The van der Waals surface area contributed by atoms with E-state index in [1.165, 1.54) is 24.0 Å². The minimum Gasteiger partial charge on any atom is -0.392 e. The lowest BCUT2D eigenvalue weighted by Crippen LogP contribution is -2.21. The van der Waals surface area contributed by atoms with Gasteiger partial charge in [0.15, 0.2) is 0 Å². The molecule has 0 bridgehead atoms. The number of aliphatic hydroxyl groups is 1. The topological polar surface area (TPSA) is 32.3 Å². The van der Waals surface area contributed by atoms with Crippen LogP contribution in [0.25, 0.3) is 0 Å². The van der Waals surface area contributed by atoms with Crippen molar-refractivity contribution in [2.45, 2.75) is 45.4 Å². The summed E-state index contributed by atoms with van der Waals surface area (Å²) in [6.45, 7) is 3.12. The van der Waals surface area contributed by atoms with Crippen molar-refractivity contribution in [3.63, 3.8) is 0 Å². The maximum atomic E-state index is 9.41. The highest BCUT2D eigenvalue weighted by Gasteiger charge is 2.11. The molecule has 2 heteroatoms. The highest BCUT2D eigenvalue weighted by atomic mass is 16.3. The Hall–Kier alpha value is -1.64. The molecule has 0 fully saturated rings. The van der Waals surface area contributed by atoms with E-state index in [4.69, 9.17) is 0 Å². The average Bonchev–Trinajstić information content (AvgIpc) is 2.56. The predicted octanol–water partition coefficient (Wildman–Crippen LogP) is 4.20. The Balaban J connectivity index is 2.05. The second-order valence-corrected chi connectivity index (χ2v) is 5.41. The van der Waals surface area contributed by atoms with E-state index in [-0.39, 0.29) is 6.61 Å². The quantitative estimate of drug-likeness (QED) is 0.761. The van der Waals surface area contributed by atoms with Gasteiger partial charge in [-0.25, -0.2) is 0 Å². The fourth-order valence-electron chi connectivity index (χ4n) is 2.60. The highest BCUT2D eigenvalue weighted by molar-refractivity contribution is 5.27. The molecule has 0 radical (unpaired) electrons. The zero-order chi connectivity index (χ0) is 14.9. The van der Waals surface area contributed by atoms with E-state index in [1.807, 2.05) is 18.2 Å². The Labute approximate surface area is 127 Å². The molecular formula is C19H25NO. The summed E-state index contributed by atoms with van der Waals surface area (Å²) < 4.78 is 0. The van der Waals surface area contributed by atoms with Crippen LogP contribution >= 0.6 is 0 Å². The third-order valence-electron chi connectivity index (χ3n) is 3.88. The lowest BCUT2D eigenvalue weighted by molar-refractivity contribution is 0.280. The van der Waals surface area contributed by atoms with Crippen LogP contribution in [0.5, 0.6) is 0 Å². The van der Waals surface area contributed by atoms with Gasteiger partial charge in [-0.3, -0.25) is 0 Å². The van der Waals surface area contributed by atoms with E-state index < -0.39 is 0 Å². The van der Waals surface area contributed by atoms with Gasteiger partial charge in [0.2, 0.25) is 0 Å². The van der Waals surface area contributed by atoms with E-state index in [1.54, 1.807) is 0 Å². The number of nitrogens with one attached hydrogen (secondary N) is 1. The van der Waals surface area contributed by atoms with Gasteiger partial charge in [-0.15, -0.1) is 0 Å². The van der Waals surface area contributed by atoms with Crippen molar-refractivity contribution >= 4 is 0 Å². The molecule has 2 nitrogen and oxygen atoms in total. The molecule has 112 valence electrons. The summed E-state index contributed by atoms with van der Waals surface area (Å²) in [6, 6.07) is 19.1. The summed E-state index contributed by atoms with van der Waals surface area (Å²) in [5, 5.41) is 13.1. The number of rotatable bonds is 8. The van der Waals surface area contributed by atoms with Crippen molar-refractivity contribution in [1.82, 2.24) is 5.32 Å². The normalized spacial score (nSPS) is 12.3. The molecule has 1 atom stereocenters. The van der Waals surface area contributed by atoms with Gasteiger partial charge < -0.3 is 10.4 Å². The standard InChI is InChI=1S/C19H25NO/c1-2-3-13-19(16-9-5-4-6-10-16)20-14-17-11-7-8-12-18(17)15-21/h4-12,19-21H,2-3,13-15H2,1H3. The molecule has 0 saturated heterocycles. The number of hydrogen-bond donors (Lipinski definition) is 2. The lowest BCUT2D eigenvalue weighted by Gasteiger charge is -2.20. The first kappa shape index (κ1) is 15.7. The van der Waals surface area contributed by atoms with E-state index in [0.717, 1.165) is 18.5 Å². The molecule has 0 aromatic heterocycles. The molecule has 0 aliphatic heterocycles. The van der Waals surface area contributed by atoms with Crippen LogP contribution in [0.3, 0.4) is 0 Å². The molecule has 21 heavy (non-hydrogen) atoms. The zero-order valence-electron chi connectivity index (χ0n) is 12.8. The Bertz CT molecular complexity index is 524. The smallest absolute Gasteiger partial charge is 0.0685 e.